The standard InChI is InChI=1S/C4H9N.C3H8N2/c1-2-4-5-3-1;1-2-5-3-4-1/h5H,1-4H2;4-5H,1-3H2. The summed E-state index contributed by atoms with van der Waals surface area (Å²) in [5.41, 5.74) is 0. The lowest BCUT2D eigenvalue weighted by Gasteiger charge is -1.77. The van der Waals surface area contributed by atoms with Gasteiger partial charge in [0.15, 0.2) is 0 Å². The van der Waals surface area contributed by atoms with Crippen LogP contribution in [0.4, 0.5) is 0 Å². The second kappa shape index (κ2) is 5.65. The predicted octanol–water partition coefficient (Wildman–Crippen LogP) is -0.493. The molecule has 0 atom stereocenters. The Bertz CT molecular complexity index is 42.0. The summed E-state index contributed by atoms with van der Waals surface area (Å²) >= 11 is 0. The van der Waals surface area contributed by atoms with E-state index in [2.05, 4.69) is 16.0 Å². The van der Waals surface area contributed by atoms with Gasteiger partial charge in [-0.1, -0.05) is 0 Å². The summed E-state index contributed by atoms with van der Waals surface area (Å²) < 4.78 is 0. The molecular formula is C7H17N3. The second-order valence-electron chi connectivity index (χ2n) is 2.63. The zero-order valence-electron chi connectivity index (χ0n) is 6.45. The summed E-state index contributed by atoms with van der Waals surface area (Å²) in [6, 6.07) is 0. The maximum absolute atomic E-state index is 3.22. The number of hydrogen-bond donors (Lipinski definition) is 3. The van der Waals surface area contributed by atoms with Crippen molar-refractivity contribution in [3.63, 3.8) is 0 Å². The van der Waals surface area contributed by atoms with Crippen molar-refractivity contribution in [3.8, 4) is 0 Å². The van der Waals surface area contributed by atoms with E-state index in [0.717, 1.165) is 19.8 Å². The van der Waals surface area contributed by atoms with E-state index in [-0.39, 0.29) is 0 Å². The van der Waals surface area contributed by atoms with Gasteiger partial charge in [-0.2, -0.15) is 0 Å². The van der Waals surface area contributed by atoms with Crippen molar-refractivity contribution in [3.05, 3.63) is 0 Å². The van der Waals surface area contributed by atoms with Crippen molar-refractivity contribution in [2.75, 3.05) is 32.8 Å². The van der Waals surface area contributed by atoms with Gasteiger partial charge in [0, 0.05) is 19.8 Å². The lowest BCUT2D eigenvalue weighted by molar-refractivity contribution is 0.807. The molecule has 0 saturated carbocycles. The average molecular weight is 143 g/mol. The Kier molecular flexibility index (Phi) is 4.51. The maximum Gasteiger partial charge on any atom is 0.0455 e. The van der Waals surface area contributed by atoms with Gasteiger partial charge in [-0.15, -0.1) is 0 Å². The van der Waals surface area contributed by atoms with Crippen LogP contribution in [0.3, 0.4) is 0 Å². The largest absolute Gasteiger partial charge is 0.317 e. The summed E-state index contributed by atoms with van der Waals surface area (Å²) in [6.45, 7) is 5.78. The lowest BCUT2D eigenvalue weighted by Crippen LogP contribution is -2.11. The van der Waals surface area contributed by atoms with Crippen LogP contribution in [0.25, 0.3) is 0 Å². The number of nitrogens with one attached hydrogen (secondary N) is 3. The fourth-order valence-corrected chi connectivity index (χ4v) is 1.07. The molecule has 0 unspecified atom stereocenters. The number of rotatable bonds is 0. The van der Waals surface area contributed by atoms with Crippen LogP contribution in [0.5, 0.6) is 0 Å². The first-order chi connectivity index (χ1) is 5.00. The molecule has 2 fully saturated rings. The summed E-state index contributed by atoms with van der Waals surface area (Å²) in [5, 5.41) is 9.44. The van der Waals surface area contributed by atoms with Crippen molar-refractivity contribution in [1.29, 1.82) is 0 Å². The van der Waals surface area contributed by atoms with Crippen LogP contribution in [0.2, 0.25) is 0 Å². The molecular weight excluding hydrogens is 126 g/mol. The molecule has 60 valence electrons. The van der Waals surface area contributed by atoms with Gasteiger partial charge in [0.25, 0.3) is 0 Å². The van der Waals surface area contributed by atoms with E-state index in [0.29, 0.717) is 0 Å². The minimum atomic E-state index is 1.00. The minimum Gasteiger partial charge on any atom is -0.317 e. The van der Waals surface area contributed by atoms with Crippen LogP contribution < -0.4 is 16.0 Å². The van der Waals surface area contributed by atoms with Crippen LogP contribution in [0, 0.1) is 0 Å². The molecule has 10 heavy (non-hydrogen) atoms. The highest BCUT2D eigenvalue weighted by Crippen LogP contribution is 1.90. The minimum absolute atomic E-state index is 1.00. The Labute approximate surface area is 62.6 Å². The third-order valence-corrected chi connectivity index (χ3v) is 1.69. The molecule has 0 amide bonds. The third-order valence-electron chi connectivity index (χ3n) is 1.69. The molecule has 0 aromatic heterocycles. The van der Waals surface area contributed by atoms with Crippen molar-refractivity contribution >= 4 is 0 Å². The van der Waals surface area contributed by atoms with E-state index in [4.69, 9.17) is 0 Å². The van der Waals surface area contributed by atoms with E-state index in [9.17, 15) is 0 Å². The molecule has 2 heterocycles. The molecule has 0 spiro atoms. The van der Waals surface area contributed by atoms with Crippen LogP contribution in [-0.2, 0) is 0 Å². The Morgan fingerprint density at radius 1 is 0.600 bits per heavy atom. The second-order valence-corrected chi connectivity index (χ2v) is 2.63. The van der Waals surface area contributed by atoms with E-state index in [1.807, 2.05) is 0 Å². The van der Waals surface area contributed by atoms with Gasteiger partial charge in [0.1, 0.15) is 0 Å². The lowest BCUT2D eigenvalue weighted by atomic mass is 10.4. The van der Waals surface area contributed by atoms with Gasteiger partial charge in [0.05, 0.1) is 0 Å². The molecule has 0 radical (unpaired) electrons. The summed E-state index contributed by atoms with van der Waals surface area (Å²) in [4.78, 5) is 0. The van der Waals surface area contributed by atoms with E-state index >= 15 is 0 Å². The van der Waals surface area contributed by atoms with Crippen LogP contribution in [0.15, 0.2) is 0 Å². The Balaban J connectivity index is 0.0000001000. The topological polar surface area (TPSA) is 36.1 Å². The highest BCUT2D eigenvalue weighted by atomic mass is 15.1. The van der Waals surface area contributed by atoms with Gasteiger partial charge >= 0.3 is 0 Å². The third kappa shape index (κ3) is 3.82. The molecule has 2 saturated heterocycles. The zero-order chi connectivity index (χ0) is 7.07. The normalized spacial score (nSPS) is 24.0. The monoisotopic (exact) mass is 143 g/mol. The van der Waals surface area contributed by atoms with Gasteiger partial charge in [0.2, 0.25) is 0 Å². The molecule has 2 aliphatic rings. The zero-order valence-corrected chi connectivity index (χ0v) is 6.45. The molecule has 0 aromatic carbocycles. The fraction of sp³-hybridized carbons (Fsp3) is 1.00. The quantitative estimate of drug-likeness (QED) is 0.428. The summed E-state index contributed by atoms with van der Waals surface area (Å²) in [5.74, 6) is 0. The summed E-state index contributed by atoms with van der Waals surface area (Å²) in [7, 11) is 0. The summed E-state index contributed by atoms with van der Waals surface area (Å²) in [6.07, 6.45) is 2.78. The first-order valence-electron chi connectivity index (χ1n) is 4.12. The maximum atomic E-state index is 3.22. The van der Waals surface area contributed by atoms with Crippen LogP contribution >= 0.6 is 0 Å². The molecule has 0 bridgehead atoms. The number of hydrogen-bond acceptors (Lipinski definition) is 3. The molecule has 0 aliphatic carbocycles. The molecule has 3 nitrogen and oxygen atoms in total. The van der Waals surface area contributed by atoms with Crippen LogP contribution in [-0.4, -0.2) is 32.8 Å². The highest BCUT2D eigenvalue weighted by Gasteiger charge is 1.93. The molecule has 2 rings (SSSR count). The molecule has 3 N–H and O–H groups in total. The molecule has 2 aliphatic heterocycles. The predicted molar refractivity (Wildman–Crippen MR) is 43.0 cm³/mol. The first kappa shape index (κ1) is 7.98. The Hall–Kier alpha value is -0.120. The van der Waals surface area contributed by atoms with Gasteiger partial charge in [-0.3, -0.25) is 0 Å². The average Bonchev–Trinajstić information content (AvgIpc) is 2.67. The van der Waals surface area contributed by atoms with E-state index in [1.54, 1.807) is 0 Å². The molecule has 3 heteroatoms. The van der Waals surface area contributed by atoms with E-state index < -0.39 is 0 Å². The molecule has 0 aromatic rings. The van der Waals surface area contributed by atoms with Crippen molar-refractivity contribution in [1.82, 2.24) is 16.0 Å². The smallest absolute Gasteiger partial charge is 0.0455 e. The van der Waals surface area contributed by atoms with Gasteiger partial charge < -0.3 is 16.0 Å². The Morgan fingerprint density at radius 2 is 1.20 bits per heavy atom. The van der Waals surface area contributed by atoms with Crippen LogP contribution in [0.1, 0.15) is 12.8 Å². The fourth-order valence-electron chi connectivity index (χ4n) is 1.07. The van der Waals surface area contributed by atoms with E-state index in [1.165, 1.54) is 25.9 Å². The van der Waals surface area contributed by atoms with Crippen molar-refractivity contribution in [2.24, 2.45) is 0 Å². The van der Waals surface area contributed by atoms with Gasteiger partial charge in [-0.25, -0.2) is 0 Å². The highest BCUT2D eigenvalue weighted by molar-refractivity contribution is 4.56. The van der Waals surface area contributed by atoms with Gasteiger partial charge in [-0.05, 0) is 25.9 Å². The Morgan fingerprint density at radius 3 is 1.40 bits per heavy atom. The van der Waals surface area contributed by atoms with Crippen molar-refractivity contribution < 1.29 is 0 Å². The first-order valence-corrected chi connectivity index (χ1v) is 4.12. The SMILES string of the molecule is C1CCNC1.C1CNCN1. The van der Waals surface area contributed by atoms with Crippen molar-refractivity contribution in [2.45, 2.75) is 12.8 Å².